The van der Waals surface area contributed by atoms with Gasteiger partial charge in [0.1, 0.15) is 5.82 Å². The smallest absolute Gasteiger partial charge is 0.126 e. The lowest BCUT2D eigenvalue weighted by Gasteiger charge is -2.04. The highest BCUT2D eigenvalue weighted by molar-refractivity contribution is 7.09. The van der Waals surface area contributed by atoms with Crippen LogP contribution in [0.5, 0.6) is 0 Å². The summed E-state index contributed by atoms with van der Waals surface area (Å²) in [6.07, 6.45) is 2.79. The standard InChI is InChI=1S/C11H13N3S/c1-9-3-2-4-10(14-9)12-6-5-11-13-7-8-15-11/h2-4,7-8H,5-6H2,1H3,(H,12,14). The van der Waals surface area contributed by atoms with Gasteiger partial charge in [-0.2, -0.15) is 0 Å². The molecule has 78 valence electrons. The second kappa shape index (κ2) is 4.89. The minimum Gasteiger partial charge on any atom is -0.370 e. The van der Waals surface area contributed by atoms with Gasteiger partial charge in [0.15, 0.2) is 0 Å². The predicted octanol–water partition coefficient (Wildman–Crippen LogP) is 2.50. The second-order valence-electron chi connectivity index (χ2n) is 3.27. The van der Waals surface area contributed by atoms with E-state index in [0.29, 0.717) is 0 Å². The lowest BCUT2D eigenvalue weighted by atomic mass is 10.3. The number of thiazole rings is 1. The first-order valence-electron chi connectivity index (χ1n) is 4.90. The number of anilines is 1. The Morgan fingerprint density at radius 2 is 2.33 bits per heavy atom. The van der Waals surface area contributed by atoms with Gasteiger partial charge in [-0.05, 0) is 19.1 Å². The number of aryl methyl sites for hydroxylation is 1. The molecule has 0 radical (unpaired) electrons. The second-order valence-corrected chi connectivity index (χ2v) is 4.25. The molecule has 2 rings (SSSR count). The van der Waals surface area contributed by atoms with Gasteiger partial charge in [0.2, 0.25) is 0 Å². The summed E-state index contributed by atoms with van der Waals surface area (Å²) in [6.45, 7) is 2.87. The van der Waals surface area contributed by atoms with Gasteiger partial charge in [0.25, 0.3) is 0 Å². The van der Waals surface area contributed by atoms with E-state index < -0.39 is 0 Å². The van der Waals surface area contributed by atoms with Crippen LogP contribution in [0.1, 0.15) is 10.7 Å². The summed E-state index contributed by atoms with van der Waals surface area (Å²) >= 11 is 1.69. The first-order chi connectivity index (χ1) is 7.34. The minimum atomic E-state index is 0.879. The van der Waals surface area contributed by atoms with E-state index >= 15 is 0 Å². The fraction of sp³-hybridized carbons (Fsp3) is 0.273. The quantitative estimate of drug-likeness (QED) is 0.858. The highest BCUT2D eigenvalue weighted by Gasteiger charge is 1.96. The number of rotatable bonds is 4. The molecule has 4 heteroatoms. The molecule has 15 heavy (non-hydrogen) atoms. The topological polar surface area (TPSA) is 37.8 Å². The number of nitrogens with zero attached hydrogens (tertiary/aromatic N) is 2. The lowest BCUT2D eigenvalue weighted by Crippen LogP contribution is -2.06. The molecule has 0 spiro atoms. The van der Waals surface area contributed by atoms with Crippen molar-refractivity contribution >= 4 is 17.2 Å². The Morgan fingerprint density at radius 1 is 1.40 bits per heavy atom. The van der Waals surface area contributed by atoms with Crippen LogP contribution in [0.15, 0.2) is 29.8 Å². The van der Waals surface area contributed by atoms with Crippen molar-refractivity contribution in [2.24, 2.45) is 0 Å². The van der Waals surface area contributed by atoms with Crippen molar-refractivity contribution in [1.29, 1.82) is 0 Å². The SMILES string of the molecule is Cc1cccc(NCCc2nccs2)n1. The summed E-state index contributed by atoms with van der Waals surface area (Å²) in [5, 5.41) is 6.44. The van der Waals surface area contributed by atoms with Crippen LogP contribution in [0.4, 0.5) is 5.82 Å². The fourth-order valence-corrected chi connectivity index (χ4v) is 1.94. The van der Waals surface area contributed by atoms with Crippen molar-refractivity contribution in [3.05, 3.63) is 40.5 Å². The van der Waals surface area contributed by atoms with Gasteiger partial charge in [-0.3, -0.25) is 0 Å². The van der Waals surface area contributed by atoms with Crippen molar-refractivity contribution in [2.75, 3.05) is 11.9 Å². The van der Waals surface area contributed by atoms with E-state index in [1.165, 1.54) is 0 Å². The van der Waals surface area contributed by atoms with Crippen LogP contribution in [0.3, 0.4) is 0 Å². The Balaban J connectivity index is 1.83. The van der Waals surface area contributed by atoms with Crippen LogP contribution in [0, 0.1) is 6.92 Å². The zero-order chi connectivity index (χ0) is 10.5. The average molecular weight is 219 g/mol. The van der Waals surface area contributed by atoms with Gasteiger partial charge in [0.05, 0.1) is 5.01 Å². The highest BCUT2D eigenvalue weighted by atomic mass is 32.1. The first kappa shape index (κ1) is 10.1. The molecule has 0 saturated carbocycles. The van der Waals surface area contributed by atoms with Gasteiger partial charge in [-0.25, -0.2) is 9.97 Å². The molecule has 0 aliphatic carbocycles. The van der Waals surface area contributed by atoms with Crippen LogP contribution in [0.2, 0.25) is 0 Å². The molecule has 2 aromatic heterocycles. The first-order valence-corrected chi connectivity index (χ1v) is 5.78. The maximum Gasteiger partial charge on any atom is 0.126 e. The Morgan fingerprint density at radius 3 is 3.07 bits per heavy atom. The molecule has 0 bridgehead atoms. The molecule has 1 N–H and O–H groups in total. The summed E-state index contributed by atoms with van der Waals surface area (Å²) < 4.78 is 0. The molecular formula is C11H13N3S. The number of nitrogens with one attached hydrogen (secondary N) is 1. The number of aromatic nitrogens is 2. The third-order valence-corrected chi connectivity index (χ3v) is 2.86. The summed E-state index contributed by atoms with van der Waals surface area (Å²) in [6, 6.07) is 5.98. The van der Waals surface area contributed by atoms with E-state index in [1.807, 2.05) is 36.7 Å². The maximum atomic E-state index is 4.36. The van der Waals surface area contributed by atoms with Crippen LogP contribution >= 0.6 is 11.3 Å². The Bertz CT molecular complexity index is 412. The highest BCUT2D eigenvalue weighted by Crippen LogP contribution is 2.06. The Labute approximate surface area is 93.2 Å². The van der Waals surface area contributed by atoms with Crippen LogP contribution < -0.4 is 5.32 Å². The lowest BCUT2D eigenvalue weighted by molar-refractivity contribution is 0.984. The Kier molecular flexibility index (Phi) is 3.29. The third-order valence-electron chi connectivity index (χ3n) is 2.02. The number of hydrogen-bond acceptors (Lipinski definition) is 4. The Hall–Kier alpha value is -1.42. The molecule has 0 fully saturated rings. The fourth-order valence-electron chi connectivity index (χ4n) is 1.32. The van der Waals surface area contributed by atoms with Crippen LogP contribution in [0.25, 0.3) is 0 Å². The normalized spacial score (nSPS) is 10.2. The van der Waals surface area contributed by atoms with E-state index in [9.17, 15) is 0 Å². The van der Waals surface area contributed by atoms with Crippen molar-refractivity contribution in [1.82, 2.24) is 9.97 Å². The van der Waals surface area contributed by atoms with E-state index in [2.05, 4.69) is 15.3 Å². The van der Waals surface area contributed by atoms with E-state index in [1.54, 1.807) is 11.3 Å². The van der Waals surface area contributed by atoms with Gasteiger partial charge in [-0.15, -0.1) is 11.3 Å². The number of hydrogen-bond donors (Lipinski definition) is 1. The monoisotopic (exact) mass is 219 g/mol. The van der Waals surface area contributed by atoms with Crippen molar-refractivity contribution in [3.63, 3.8) is 0 Å². The zero-order valence-corrected chi connectivity index (χ0v) is 9.42. The van der Waals surface area contributed by atoms with Gasteiger partial charge in [0, 0.05) is 30.2 Å². The molecule has 0 saturated heterocycles. The van der Waals surface area contributed by atoms with Gasteiger partial charge >= 0.3 is 0 Å². The van der Waals surface area contributed by atoms with Gasteiger partial charge < -0.3 is 5.32 Å². The van der Waals surface area contributed by atoms with E-state index in [-0.39, 0.29) is 0 Å². The molecule has 0 aromatic carbocycles. The summed E-state index contributed by atoms with van der Waals surface area (Å²) in [4.78, 5) is 8.59. The number of pyridine rings is 1. The molecular weight excluding hydrogens is 206 g/mol. The molecule has 2 heterocycles. The molecule has 0 aliphatic rings. The summed E-state index contributed by atoms with van der Waals surface area (Å²) in [5.41, 5.74) is 1.04. The van der Waals surface area contributed by atoms with Gasteiger partial charge in [-0.1, -0.05) is 6.07 Å². The molecule has 3 nitrogen and oxygen atoms in total. The van der Waals surface area contributed by atoms with Crippen molar-refractivity contribution in [3.8, 4) is 0 Å². The molecule has 0 unspecified atom stereocenters. The summed E-state index contributed by atoms with van der Waals surface area (Å²) in [5.74, 6) is 0.937. The molecule has 2 aromatic rings. The largest absolute Gasteiger partial charge is 0.370 e. The van der Waals surface area contributed by atoms with Crippen LogP contribution in [-0.2, 0) is 6.42 Å². The van der Waals surface area contributed by atoms with Crippen molar-refractivity contribution < 1.29 is 0 Å². The van der Waals surface area contributed by atoms with Crippen LogP contribution in [-0.4, -0.2) is 16.5 Å². The summed E-state index contributed by atoms with van der Waals surface area (Å²) in [7, 11) is 0. The molecule has 0 atom stereocenters. The average Bonchev–Trinajstić information content (AvgIpc) is 2.71. The third kappa shape index (κ3) is 3.02. The van der Waals surface area contributed by atoms with E-state index in [0.717, 1.165) is 29.5 Å². The minimum absolute atomic E-state index is 0.879. The maximum absolute atomic E-state index is 4.36. The predicted molar refractivity (Wildman–Crippen MR) is 63.3 cm³/mol. The molecule has 0 aliphatic heterocycles. The van der Waals surface area contributed by atoms with E-state index in [4.69, 9.17) is 0 Å². The molecule has 0 amide bonds. The van der Waals surface area contributed by atoms with Crippen molar-refractivity contribution in [2.45, 2.75) is 13.3 Å². The zero-order valence-electron chi connectivity index (χ0n) is 8.60.